The van der Waals surface area contributed by atoms with Crippen LogP contribution in [-0.4, -0.2) is 39.0 Å². The molecular weight excluding hydrogens is 435 g/mol. The molecular formula is C26H23FN4O3. The van der Waals surface area contributed by atoms with E-state index in [1.54, 1.807) is 29.2 Å². The van der Waals surface area contributed by atoms with Crippen molar-refractivity contribution in [1.82, 2.24) is 20.0 Å². The maximum absolute atomic E-state index is 13.5. The minimum atomic E-state index is -0.419. The van der Waals surface area contributed by atoms with Gasteiger partial charge in [0.25, 0.3) is 11.5 Å². The number of carbonyl (C=O) groups is 1. The molecule has 1 unspecified atom stereocenters. The SMILES string of the molecule is Cc1cccc(-c2ccc(C(=O)N3CCCC(c4nc(-c5cccc(F)c5)no4)C3)c(=O)[nH]2)c1. The quantitative estimate of drug-likeness (QED) is 0.484. The molecule has 1 saturated heterocycles. The third kappa shape index (κ3) is 4.39. The minimum absolute atomic E-state index is 0.100. The van der Waals surface area contributed by atoms with Crippen LogP contribution in [0.3, 0.4) is 0 Å². The topological polar surface area (TPSA) is 92.1 Å². The first-order valence-electron chi connectivity index (χ1n) is 11.2. The molecule has 7 nitrogen and oxygen atoms in total. The van der Waals surface area contributed by atoms with E-state index in [0.717, 1.165) is 24.0 Å². The lowest BCUT2D eigenvalue weighted by Crippen LogP contribution is -2.41. The molecule has 2 aromatic carbocycles. The molecule has 0 aliphatic carbocycles. The predicted molar refractivity (Wildman–Crippen MR) is 125 cm³/mol. The maximum atomic E-state index is 13.5. The molecule has 1 atom stereocenters. The Hall–Kier alpha value is -4.07. The molecule has 2 aromatic heterocycles. The Morgan fingerprint density at radius 3 is 2.74 bits per heavy atom. The molecule has 5 rings (SSSR count). The Balaban J connectivity index is 1.33. The Bertz CT molecular complexity index is 1410. The van der Waals surface area contributed by atoms with Gasteiger partial charge >= 0.3 is 0 Å². The molecule has 0 saturated carbocycles. The number of hydrogen-bond acceptors (Lipinski definition) is 5. The van der Waals surface area contributed by atoms with Gasteiger partial charge in [-0.3, -0.25) is 9.59 Å². The van der Waals surface area contributed by atoms with Crippen molar-refractivity contribution < 1.29 is 13.7 Å². The predicted octanol–water partition coefficient (Wildman–Crippen LogP) is 4.56. The molecule has 0 radical (unpaired) electrons. The first kappa shape index (κ1) is 21.8. The van der Waals surface area contributed by atoms with E-state index in [2.05, 4.69) is 15.1 Å². The van der Waals surface area contributed by atoms with Crippen LogP contribution < -0.4 is 5.56 Å². The van der Waals surface area contributed by atoms with Crippen LogP contribution >= 0.6 is 0 Å². The molecule has 1 fully saturated rings. The van der Waals surface area contributed by atoms with E-state index in [-0.39, 0.29) is 23.2 Å². The number of piperidine rings is 1. The monoisotopic (exact) mass is 458 g/mol. The third-order valence-corrected chi connectivity index (χ3v) is 6.05. The lowest BCUT2D eigenvalue weighted by atomic mass is 9.97. The summed E-state index contributed by atoms with van der Waals surface area (Å²) in [5, 5.41) is 3.98. The summed E-state index contributed by atoms with van der Waals surface area (Å²) >= 11 is 0. The van der Waals surface area contributed by atoms with Gasteiger partial charge in [-0.25, -0.2) is 4.39 Å². The van der Waals surface area contributed by atoms with Crippen molar-refractivity contribution in [2.24, 2.45) is 0 Å². The molecule has 34 heavy (non-hydrogen) atoms. The number of pyridine rings is 1. The number of rotatable bonds is 4. The summed E-state index contributed by atoms with van der Waals surface area (Å²) in [6, 6.07) is 17.1. The number of aromatic amines is 1. The Morgan fingerprint density at radius 2 is 1.94 bits per heavy atom. The van der Waals surface area contributed by atoms with Crippen LogP contribution in [0.1, 0.15) is 40.6 Å². The number of amides is 1. The fourth-order valence-corrected chi connectivity index (χ4v) is 4.30. The summed E-state index contributed by atoms with van der Waals surface area (Å²) in [7, 11) is 0. The highest BCUT2D eigenvalue weighted by Crippen LogP contribution is 2.28. The van der Waals surface area contributed by atoms with Gasteiger partial charge in [0, 0.05) is 24.3 Å². The lowest BCUT2D eigenvalue weighted by molar-refractivity contribution is 0.0694. The average molecular weight is 458 g/mol. The van der Waals surface area contributed by atoms with E-state index in [9.17, 15) is 14.0 Å². The molecule has 0 spiro atoms. The number of likely N-dealkylation sites (tertiary alicyclic amines) is 1. The standard InChI is InChI=1S/C26H23FN4O3/c1-16-5-2-6-17(13-16)22-11-10-21(24(32)28-22)26(33)31-12-4-8-19(15-31)25-29-23(30-34-25)18-7-3-9-20(27)14-18/h2-3,5-7,9-11,13-14,19H,4,8,12,15H2,1H3,(H,28,32). The van der Waals surface area contributed by atoms with Crippen LogP contribution in [0.5, 0.6) is 0 Å². The van der Waals surface area contributed by atoms with E-state index in [4.69, 9.17) is 4.52 Å². The van der Waals surface area contributed by atoms with E-state index in [1.807, 2.05) is 31.2 Å². The normalized spacial score (nSPS) is 15.9. The number of benzene rings is 2. The molecule has 1 aliphatic heterocycles. The summed E-state index contributed by atoms with van der Waals surface area (Å²) in [6.07, 6.45) is 1.52. The van der Waals surface area contributed by atoms with Crippen LogP contribution in [0.4, 0.5) is 4.39 Å². The van der Waals surface area contributed by atoms with Crippen molar-refractivity contribution in [3.8, 4) is 22.6 Å². The third-order valence-electron chi connectivity index (χ3n) is 6.05. The number of aryl methyl sites for hydroxylation is 1. The second kappa shape index (κ2) is 9.05. The molecule has 1 N–H and O–H groups in total. The van der Waals surface area contributed by atoms with Crippen molar-refractivity contribution in [2.75, 3.05) is 13.1 Å². The van der Waals surface area contributed by atoms with Gasteiger partial charge in [0.15, 0.2) is 0 Å². The molecule has 1 amide bonds. The van der Waals surface area contributed by atoms with Crippen LogP contribution in [0.15, 0.2) is 70.0 Å². The number of hydrogen-bond donors (Lipinski definition) is 1. The Morgan fingerprint density at radius 1 is 1.12 bits per heavy atom. The molecule has 8 heteroatoms. The van der Waals surface area contributed by atoms with Crippen LogP contribution in [0.2, 0.25) is 0 Å². The first-order valence-corrected chi connectivity index (χ1v) is 11.2. The Kier molecular flexibility index (Phi) is 5.79. The van der Waals surface area contributed by atoms with Gasteiger partial charge in [-0.05, 0) is 55.7 Å². The number of nitrogens with zero attached hydrogens (tertiary/aromatic N) is 3. The minimum Gasteiger partial charge on any atom is -0.339 e. The van der Waals surface area contributed by atoms with Crippen molar-refractivity contribution in [1.29, 1.82) is 0 Å². The van der Waals surface area contributed by atoms with Crippen LogP contribution in [0.25, 0.3) is 22.6 Å². The highest BCUT2D eigenvalue weighted by atomic mass is 19.1. The van der Waals surface area contributed by atoms with Gasteiger partial charge < -0.3 is 14.4 Å². The maximum Gasteiger partial charge on any atom is 0.261 e. The number of aromatic nitrogens is 3. The Labute approximate surface area is 195 Å². The molecule has 1 aliphatic rings. The highest BCUT2D eigenvalue weighted by Gasteiger charge is 2.30. The highest BCUT2D eigenvalue weighted by molar-refractivity contribution is 5.94. The fourth-order valence-electron chi connectivity index (χ4n) is 4.30. The number of carbonyl (C=O) groups excluding carboxylic acids is 1. The van der Waals surface area contributed by atoms with Crippen LogP contribution in [-0.2, 0) is 0 Å². The van der Waals surface area contributed by atoms with Gasteiger partial charge in [-0.15, -0.1) is 0 Å². The molecule has 0 bridgehead atoms. The van der Waals surface area contributed by atoms with Crippen molar-refractivity contribution in [3.63, 3.8) is 0 Å². The largest absolute Gasteiger partial charge is 0.339 e. The first-order chi connectivity index (χ1) is 16.5. The van der Waals surface area contributed by atoms with E-state index in [0.29, 0.717) is 36.1 Å². The smallest absolute Gasteiger partial charge is 0.261 e. The van der Waals surface area contributed by atoms with E-state index >= 15 is 0 Å². The zero-order chi connectivity index (χ0) is 23.7. The second-order valence-electron chi connectivity index (χ2n) is 8.54. The van der Waals surface area contributed by atoms with E-state index in [1.165, 1.54) is 12.1 Å². The van der Waals surface area contributed by atoms with Crippen molar-refractivity contribution in [2.45, 2.75) is 25.7 Å². The zero-order valence-corrected chi connectivity index (χ0v) is 18.6. The summed E-state index contributed by atoms with van der Waals surface area (Å²) in [6.45, 7) is 2.89. The van der Waals surface area contributed by atoms with Gasteiger partial charge in [-0.2, -0.15) is 4.98 Å². The molecule has 172 valence electrons. The number of nitrogens with one attached hydrogen (secondary N) is 1. The number of halogens is 1. The van der Waals surface area contributed by atoms with Crippen molar-refractivity contribution >= 4 is 5.91 Å². The molecule has 3 heterocycles. The summed E-state index contributed by atoms with van der Waals surface area (Å²) in [4.78, 5) is 34.8. The van der Waals surface area contributed by atoms with Crippen LogP contribution in [0, 0.1) is 12.7 Å². The van der Waals surface area contributed by atoms with Gasteiger partial charge in [0.05, 0.1) is 5.92 Å². The second-order valence-corrected chi connectivity index (χ2v) is 8.54. The van der Waals surface area contributed by atoms with Crippen molar-refractivity contribution in [3.05, 3.63) is 93.9 Å². The summed E-state index contributed by atoms with van der Waals surface area (Å²) < 4.78 is 19.0. The average Bonchev–Trinajstić information content (AvgIpc) is 3.34. The summed E-state index contributed by atoms with van der Waals surface area (Å²) in [5.41, 5.74) is 2.84. The van der Waals surface area contributed by atoms with Gasteiger partial charge in [0.2, 0.25) is 11.7 Å². The van der Waals surface area contributed by atoms with Gasteiger partial charge in [-0.1, -0.05) is 41.1 Å². The van der Waals surface area contributed by atoms with Gasteiger partial charge in [0.1, 0.15) is 11.4 Å². The summed E-state index contributed by atoms with van der Waals surface area (Å²) in [5.74, 6) is -0.150. The number of H-pyrrole nitrogens is 1. The lowest BCUT2D eigenvalue weighted by Gasteiger charge is -2.30. The van der Waals surface area contributed by atoms with E-state index < -0.39 is 5.56 Å². The zero-order valence-electron chi connectivity index (χ0n) is 18.6. The molecule has 4 aromatic rings. The fraction of sp³-hybridized carbons (Fsp3) is 0.231.